The molecule has 0 N–H and O–H groups in total. The summed E-state index contributed by atoms with van der Waals surface area (Å²) < 4.78 is 11.5. The van der Waals surface area contributed by atoms with Crippen molar-refractivity contribution in [2.45, 2.75) is 39.0 Å². The number of methoxy groups -OCH3 is 1. The summed E-state index contributed by atoms with van der Waals surface area (Å²) in [5, 5.41) is 1.14. The van der Waals surface area contributed by atoms with Gasteiger partial charge in [0.2, 0.25) is 5.88 Å². The molecule has 0 radical (unpaired) electrons. The number of nitrogens with zero attached hydrogens (tertiary/aromatic N) is 3. The zero-order chi connectivity index (χ0) is 19.3. The van der Waals surface area contributed by atoms with Gasteiger partial charge in [0.15, 0.2) is 0 Å². The second-order valence-electron chi connectivity index (χ2n) is 7.48. The Bertz CT molecular complexity index is 924. The van der Waals surface area contributed by atoms with Gasteiger partial charge in [-0.15, -0.1) is 0 Å². The maximum Gasteiger partial charge on any atom is 0.218 e. The van der Waals surface area contributed by atoms with Gasteiger partial charge in [0.05, 0.1) is 24.4 Å². The SMILES string of the molecule is COc1nc2cc(C)ccc2cc1CN(Cc1ccccn1)C[C@@H]1CCCO1. The van der Waals surface area contributed by atoms with Crippen LogP contribution in [0, 0.1) is 6.92 Å². The van der Waals surface area contributed by atoms with Crippen molar-refractivity contribution in [3.8, 4) is 5.88 Å². The van der Waals surface area contributed by atoms with Crippen molar-refractivity contribution in [1.29, 1.82) is 0 Å². The van der Waals surface area contributed by atoms with Crippen LogP contribution in [-0.4, -0.2) is 41.2 Å². The van der Waals surface area contributed by atoms with Crippen LogP contribution in [0.1, 0.15) is 29.7 Å². The van der Waals surface area contributed by atoms with E-state index in [0.717, 1.165) is 61.2 Å². The Morgan fingerprint density at radius 1 is 1.18 bits per heavy atom. The van der Waals surface area contributed by atoms with Crippen LogP contribution in [0.5, 0.6) is 5.88 Å². The summed E-state index contributed by atoms with van der Waals surface area (Å²) in [6, 6.07) is 14.6. The molecule has 28 heavy (non-hydrogen) atoms. The number of pyridine rings is 2. The molecule has 0 saturated carbocycles. The number of rotatable bonds is 7. The first-order valence-corrected chi connectivity index (χ1v) is 9.89. The minimum atomic E-state index is 0.283. The van der Waals surface area contributed by atoms with Crippen LogP contribution >= 0.6 is 0 Å². The van der Waals surface area contributed by atoms with Crippen LogP contribution in [0.15, 0.2) is 48.7 Å². The number of hydrogen-bond donors (Lipinski definition) is 0. The lowest BCUT2D eigenvalue weighted by Crippen LogP contribution is -2.32. The Morgan fingerprint density at radius 2 is 2.11 bits per heavy atom. The van der Waals surface area contributed by atoms with Crippen LogP contribution in [0.4, 0.5) is 0 Å². The van der Waals surface area contributed by atoms with Crippen molar-refractivity contribution in [1.82, 2.24) is 14.9 Å². The number of ether oxygens (including phenoxy) is 2. The van der Waals surface area contributed by atoms with Gasteiger partial charge >= 0.3 is 0 Å². The van der Waals surface area contributed by atoms with Gasteiger partial charge in [0.1, 0.15) is 0 Å². The van der Waals surface area contributed by atoms with E-state index >= 15 is 0 Å². The van der Waals surface area contributed by atoms with E-state index in [9.17, 15) is 0 Å². The molecule has 3 aromatic rings. The van der Waals surface area contributed by atoms with Crippen LogP contribution in [0.2, 0.25) is 0 Å². The van der Waals surface area contributed by atoms with Crippen molar-refractivity contribution in [2.75, 3.05) is 20.3 Å². The molecular formula is C23H27N3O2. The first-order valence-electron chi connectivity index (χ1n) is 9.89. The molecule has 0 amide bonds. The standard InChI is InChI=1S/C23H27N3O2/c1-17-8-9-18-13-19(23(27-2)25-22(18)12-17)14-26(16-21-7-5-11-28-21)15-20-6-3-4-10-24-20/h3-4,6,8-10,12-13,21H,5,7,11,14-16H2,1-2H3/t21-/m0/s1. The minimum Gasteiger partial charge on any atom is -0.481 e. The molecule has 0 unspecified atom stereocenters. The quantitative estimate of drug-likeness (QED) is 0.620. The van der Waals surface area contributed by atoms with E-state index in [4.69, 9.17) is 14.5 Å². The molecule has 0 aliphatic carbocycles. The van der Waals surface area contributed by atoms with E-state index in [1.165, 1.54) is 5.56 Å². The van der Waals surface area contributed by atoms with Gasteiger partial charge < -0.3 is 9.47 Å². The molecular weight excluding hydrogens is 350 g/mol. The Hall–Kier alpha value is -2.50. The number of aromatic nitrogens is 2. The average Bonchev–Trinajstić information content (AvgIpc) is 3.21. The first kappa shape index (κ1) is 18.8. The zero-order valence-electron chi connectivity index (χ0n) is 16.6. The lowest BCUT2D eigenvalue weighted by molar-refractivity contribution is 0.0671. The molecule has 1 aliphatic rings. The van der Waals surface area contributed by atoms with Crippen molar-refractivity contribution in [2.24, 2.45) is 0 Å². The van der Waals surface area contributed by atoms with Crippen LogP contribution in [0.3, 0.4) is 0 Å². The summed E-state index contributed by atoms with van der Waals surface area (Å²) in [6.45, 7) is 5.35. The topological polar surface area (TPSA) is 47.5 Å². The fourth-order valence-corrected chi connectivity index (χ4v) is 3.82. The fraction of sp³-hybridized carbons (Fsp3) is 0.391. The first-order chi connectivity index (χ1) is 13.7. The summed E-state index contributed by atoms with van der Waals surface area (Å²) >= 11 is 0. The lowest BCUT2D eigenvalue weighted by Gasteiger charge is -2.25. The number of fused-ring (bicyclic) bond motifs is 1. The molecule has 1 aromatic carbocycles. The van der Waals surface area contributed by atoms with Crippen LogP contribution in [0.25, 0.3) is 10.9 Å². The van der Waals surface area contributed by atoms with E-state index in [0.29, 0.717) is 5.88 Å². The Kier molecular flexibility index (Phi) is 5.84. The van der Waals surface area contributed by atoms with Crippen LogP contribution in [-0.2, 0) is 17.8 Å². The Labute approximate surface area is 166 Å². The lowest BCUT2D eigenvalue weighted by atomic mass is 10.1. The molecule has 2 aromatic heterocycles. The summed E-state index contributed by atoms with van der Waals surface area (Å²) in [5.41, 5.74) is 4.32. The highest BCUT2D eigenvalue weighted by Gasteiger charge is 2.21. The highest BCUT2D eigenvalue weighted by molar-refractivity contribution is 5.80. The average molecular weight is 377 g/mol. The number of benzene rings is 1. The summed E-state index contributed by atoms with van der Waals surface area (Å²) in [6.07, 6.45) is 4.39. The maximum atomic E-state index is 5.89. The minimum absolute atomic E-state index is 0.283. The predicted octanol–water partition coefficient (Wildman–Crippen LogP) is 4.13. The van der Waals surface area contributed by atoms with Crippen molar-refractivity contribution >= 4 is 10.9 Å². The molecule has 1 atom stereocenters. The highest BCUT2D eigenvalue weighted by atomic mass is 16.5. The molecule has 1 aliphatic heterocycles. The largest absolute Gasteiger partial charge is 0.481 e. The van der Waals surface area contributed by atoms with Gasteiger partial charge in [-0.1, -0.05) is 18.2 Å². The third-order valence-electron chi connectivity index (χ3n) is 5.20. The van der Waals surface area contributed by atoms with E-state index in [1.54, 1.807) is 7.11 Å². The highest BCUT2D eigenvalue weighted by Crippen LogP contribution is 2.25. The monoisotopic (exact) mass is 377 g/mol. The van der Waals surface area contributed by atoms with Crippen LogP contribution < -0.4 is 4.74 Å². The molecule has 1 saturated heterocycles. The van der Waals surface area contributed by atoms with Gasteiger partial charge in [-0.3, -0.25) is 9.88 Å². The zero-order valence-corrected chi connectivity index (χ0v) is 16.6. The third-order valence-corrected chi connectivity index (χ3v) is 5.20. The Morgan fingerprint density at radius 3 is 2.86 bits per heavy atom. The smallest absolute Gasteiger partial charge is 0.218 e. The van der Waals surface area contributed by atoms with Gasteiger partial charge in [0, 0.05) is 43.4 Å². The molecule has 0 spiro atoms. The molecule has 0 bridgehead atoms. The third kappa shape index (κ3) is 4.49. The summed E-state index contributed by atoms with van der Waals surface area (Å²) in [7, 11) is 1.69. The number of hydrogen-bond acceptors (Lipinski definition) is 5. The summed E-state index contributed by atoms with van der Waals surface area (Å²) in [4.78, 5) is 11.6. The number of aryl methyl sites for hydroxylation is 1. The molecule has 3 heterocycles. The van der Waals surface area contributed by atoms with E-state index < -0.39 is 0 Å². The molecule has 1 fully saturated rings. The summed E-state index contributed by atoms with van der Waals surface area (Å²) in [5.74, 6) is 0.691. The Balaban J connectivity index is 1.61. The molecule has 4 rings (SSSR count). The van der Waals surface area contributed by atoms with Crippen molar-refractivity contribution in [3.63, 3.8) is 0 Å². The van der Waals surface area contributed by atoms with Gasteiger partial charge in [0.25, 0.3) is 0 Å². The van der Waals surface area contributed by atoms with E-state index in [1.807, 2.05) is 18.3 Å². The maximum absolute atomic E-state index is 5.89. The molecule has 146 valence electrons. The van der Waals surface area contributed by atoms with Crippen molar-refractivity contribution < 1.29 is 9.47 Å². The normalized spacial score (nSPS) is 16.8. The van der Waals surface area contributed by atoms with Gasteiger partial charge in [-0.25, -0.2) is 4.98 Å². The second-order valence-corrected chi connectivity index (χ2v) is 7.48. The van der Waals surface area contributed by atoms with E-state index in [2.05, 4.69) is 47.1 Å². The molecule has 5 heteroatoms. The second kappa shape index (κ2) is 8.67. The molecule has 5 nitrogen and oxygen atoms in total. The van der Waals surface area contributed by atoms with Gasteiger partial charge in [-0.2, -0.15) is 0 Å². The van der Waals surface area contributed by atoms with E-state index in [-0.39, 0.29) is 6.10 Å². The van der Waals surface area contributed by atoms with Gasteiger partial charge in [-0.05, 0) is 49.6 Å². The van der Waals surface area contributed by atoms with Crippen molar-refractivity contribution in [3.05, 3.63) is 65.5 Å². The predicted molar refractivity (Wildman–Crippen MR) is 110 cm³/mol. The fourth-order valence-electron chi connectivity index (χ4n) is 3.82.